The summed E-state index contributed by atoms with van der Waals surface area (Å²) in [5.41, 5.74) is 5.93. The van der Waals surface area contributed by atoms with Gasteiger partial charge in [-0.25, -0.2) is 23.9 Å². The van der Waals surface area contributed by atoms with Gasteiger partial charge in [0.15, 0.2) is 0 Å². The van der Waals surface area contributed by atoms with E-state index in [1.165, 1.54) is 12.3 Å². The van der Waals surface area contributed by atoms with Crippen molar-refractivity contribution in [1.29, 1.82) is 5.41 Å². The van der Waals surface area contributed by atoms with Gasteiger partial charge in [-0.05, 0) is 64.7 Å². The fourth-order valence-electron chi connectivity index (χ4n) is 4.48. The molecule has 0 radical (unpaired) electrons. The van der Waals surface area contributed by atoms with Crippen LogP contribution in [0.3, 0.4) is 0 Å². The number of carbonyl (C=O) groups is 2. The van der Waals surface area contributed by atoms with Crippen molar-refractivity contribution >= 4 is 29.1 Å². The zero-order chi connectivity index (χ0) is 26.0. The van der Waals surface area contributed by atoms with Crippen LogP contribution in [0.25, 0.3) is 22.4 Å². The Morgan fingerprint density at radius 3 is 2.69 bits per heavy atom. The molecular formula is C25H29FN6O4. The number of alkyl carbamates (subject to hydrolysis) is 1. The Morgan fingerprint density at radius 1 is 1.25 bits per heavy atom. The van der Waals surface area contributed by atoms with Gasteiger partial charge in [0.1, 0.15) is 28.5 Å². The highest BCUT2D eigenvalue weighted by Gasteiger charge is 2.30. The van der Waals surface area contributed by atoms with Crippen LogP contribution in [0.2, 0.25) is 0 Å². The lowest BCUT2D eigenvalue weighted by atomic mass is 9.90. The molecule has 11 heteroatoms. The molecule has 0 unspecified atom stereocenters. The second-order valence-corrected chi connectivity index (χ2v) is 9.76. The van der Waals surface area contributed by atoms with E-state index in [-0.39, 0.29) is 17.8 Å². The number of nitrogens with zero attached hydrogens (tertiary/aromatic N) is 3. The lowest BCUT2D eigenvalue weighted by Crippen LogP contribution is -2.41. The van der Waals surface area contributed by atoms with E-state index in [9.17, 15) is 14.0 Å². The fraction of sp³-hybridized carbons (Fsp3) is 0.400. The highest BCUT2D eigenvalue weighted by Crippen LogP contribution is 2.37. The molecule has 1 aliphatic rings. The molecule has 1 saturated carbocycles. The normalized spacial score (nSPS) is 18.0. The maximum absolute atomic E-state index is 14.9. The fourth-order valence-corrected chi connectivity index (χ4v) is 4.48. The largest absolute Gasteiger partial charge is 0.444 e. The number of amides is 2. The Hall–Kier alpha value is -4.02. The second-order valence-electron chi connectivity index (χ2n) is 9.76. The van der Waals surface area contributed by atoms with E-state index in [0.717, 1.165) is 19.3 Å². The first kappa shape index (κ1) is 25.1. The van der Waals surface area contributed by atoms with Crippen LogP contribution in [-0.4, -0.2) is 44.3 Å². The highest BCUT2D eigenvalue weighted by atomic mass is 19.1. The molecule has 0 bridgehead atoms. The van der Waals surface area contributed by atoms with Crippen LogP contribution >= 0.6 is 0 Å². The van der Waals surface area contributed by atoms with Gasteiger partial charge in [0.05, 0.1) is 17.3 Å². The molecule has 4 N–H and O–H groups in total. The number of halogens is 1. The van der Waals surface area contributed by atoms with Gasteiger partial charge in [0.25, 0.3) is 0 Å². The van der Waals surface area contributed by atoms with Gasteiger partial charge in [-0.1, -0.05) is 12.1 Å². The minimum atomic E-state index is -1.12. The number of nitrogens with two attached hydrogens (primary N) is 1. The number of hydrogen-bond donors (Lipinski definition) is 3. The molecule has 2 aromatic heterocycles. The Labute approximate surface area is 207 Å². The third-order valence-electron chi connectivity index (χ3n) is 5.86. The van der Waals surface area contributed by atoms with Crippen LogP contribution < -0.4 is 11.1 Å². The van der Waals surface area contributed by atoms with Crippen LogP contribution in [0.1, 0.15) is 58.2 Å². The summed E-state index contributed by atoms with van der Waals surface area (Å²) >= 11 is 0. The number of primary amides is 1. The van der Waals surface area contributed by atoms with Crippen molar-refractivity contribution in [2.75, 3.05) is 0 Å². The van der Waals surface area contributed by atoms with Crippen LogP contribution in [0.4, 0.5) is 14.0 Å². The third-order valence-corrected chi connectivity index (χ3v) is 5.86. The molecule has 3 aromatic rings. The summed E-state index contributed by atoms with van der Waals surface area (Å²) in [5, 5.41) is 10.9. The summed E-state index contributed by atoms with van der Waals surface area (Å²) in [6.45, 7) is 5.42. The van der Waals surface area contributed by atoms with Gasteiger partial charge >= 0.3 is 12.2 Å². The number of hydrogen-bond acceptors (Lipinski definition) is 7. The van der Waals surface area contributed by atoms with E-state index >= 15 is 0 Å². The number of carbonyl (C=O) groups excluding carboxylic acids is 2. The van der Waals surface area contributed by atoms with Crippen LogP contribution in [0.5, 0.6) is 0 Å². The standard InChI is InChI=1S/C25H29FN6O4/c1-25(2,3)36-24(34)30-14-7-6-8-15(11-14)32-20-12-18(21(27)35-23(28)33)29-13-19(20)31-22(32)16-9-4-5-10-17(16)26/h4-5,9-10,12-15,27H,6-8,11H2,1-3H3,(H2,28,33)(H,30,34)/t14-,15+/m0/s1. The summed E-state index contributed by atoms with van der Waals surface area (Å²) in [4.78, 5) is 32.3. The van der Waals surface area contributed by atoms with Gasteiger partial charge in [-0.15, -0.1) is 0 Å². The van der Waals surface area contributed by atoms with Gasteiger partial charge in [-0.2, -0.15) is 0 Å². The summed E-state index contributed by atoms with van der Waals surface area (Å²) in [6.07, 6.45) is 2.78. The number of benzene rings is 1. The molecule has 2 atom stereocenters. The number of imidazole rings is 1. The monoisotopic (exact) mass is 496 g/mol. The number of ether oxygens (including phenoxy) is 2. The first-order valence-electron chi connectivity index (χ1n) is 11.7. The van der Waals surface area contributed by atoms with Crippen molar-refractivity contribution in [3.63, 3.8) is 0 Å². The molecule has 10 nitrogen and oxygen atoms in total. The van der Waals surface area contributed by atoms with Crippen molar-refractivity contribution in [3.8, 4) is 11.4 Å². The van der Waals surface area contributed by atoms with E-state index in [1.54, 1.807) is 45.0 Å². The van der Waals surface area contributed by atoms with Gasteiger partial charge < -0.3 is 25.1 Å². The molecule has 4 rings (SSSR count). The smallest absolute Gasteiger partial charge is 0.411 e. The lowest BCUT2D eigenvalue weighted by molar-refractivity contribution is 0.0486. The number of nitrogens with one attached hydrogen (secondary N) is 2. The predicted molar refractivity (Wildman–Crippen MR) is 131 cm³/mol. The van der Waals surface area contributed by atoms with Gasteiger partial charge in [0, 0.05) is 12.1 Å². The molecule has 1 aromatic carbocycles. The van der Waals surface area contributed by atoms with Crippen LogP contribution in [-0.2, 0) is 9.47 Å². The molecule has 2 amide bonds. The molecule has 190 valence electrons. The van der Waals surface area contributed by atoms with Crippen LogP contribution in [0, 0.1) is 11.2 Å². The van der Waals surface area contributed by atoms with Crippen molar-refractivity contribution in [3.05, 3.63) is 48.0 Å². The average Bonchev–Trinajstić information content (AvgIpc) is 3.16. The van der Waals surface area contributed by atoms with E-state index in [4.69, 9.17) is 20.6 Å². The molecule has 0 aliphatic heterocycles. The molecule has 1 aliphatic carbocycles. The predicted octanol–water partition coefficient (Wildman–Crippen LogP) is 4.67. The molecule has 0 saturated heterocycles. The number of pyridine rings is 1. The van der Waals surface area contributed by atoms with Crippen molar-refractivity contribution in [2.24, 2.45) is 5.73 Å². The molecule has 0 spiro atoms. The number of rotatable bonds is 4. The zero-order valence-electron chi connectivity index (χ0n) is 20.4. The minimum Gasteiger partial charge on any atom is -0.444 e. The average molecular weight is 497 g/mol. The second kappa shape index (κ2) is 9.92. The minimum absolute atomic E-state index is 0.0850. The maximum atomic E-state index is 14.9. The maximum Gasteiger partial charge on any atom is 0.411 e. The SMILES string of the molecule is CC(C)(C)OC(=O)N[C@H]1CCC[C@@H](n2c(-c3ccccc3F)nc3cnc(C(=N)OC(N)=O)cc32)C1. The Balaban J connectivity index is 1.75. The number of aromatic nitrogens is 3. The molecular weight excluding hydrogens is 467 g/mol. The van der Waals surface area contributed by atoms with Crippen molar-refractivity contribution in [2.45, 2.75) is 64.1 Å². The zero-order valence-corrected chi connectivity index (χ0v) is 20.4. The van der Waals surface area contributed by atoms with Gasteiger partial charge in [0.2, 0.25) is 5.90 Å². The molecule has 1 fully saturated rings. The third kappa shape index (κ3) is 5.61. The van der Waals surface area contributed by atoms with E-state index in [2.05, 4.69) is 15.3 Å². The van der Waals surface area contributed by atoms with Crippen molar-refractivity contribution < 1.29 is 23.5 Å². The van der Waals surface area contributed by atoms with Gasteiger partial charge in [-0.3, -0.25) is 5.41 Å². The summed E-state index contributed by atoms with van der Waals surface area (Å²) < 4.78 is 26.9. The van der Waals surface area contributed by atoms with E-state index < -0.39 is 29.5 Å². The highest BCUT2D eigenvalue weighted by molar-refractivity contribution is 5.98. The quantitative estimate of drug-likeness (QED) is 0.354. The lowest BCUT2D eigenvalue weighted by Gasteiger charge is -2.32. The first-order valence-corrected chi connectivity index (χ1v) is 11.7. The summed E-state index contributed by atoms with van der Waals surface area (Å²) in [6, 6.07) is 7.64. The topological polar surface area (TPSA) is 145 Å². The Kier molecular flexibility index (Phi) is 6.91. The van der Waals surface area contributed by atoms with E-state index in [0.29, 0.717) is 28.8 Å². The molecule has 36 heavy (non-hydrogen) atoms. The Bertz CT molecular complexity index is 1320. The Morgan fingerprint density at radius 2 is 2.00 bits per heavy atom. The first-order chi connectivity index (χ1) is 17.0. The number of fused-ring (bicyclic) bond motifs is 1. The molecule has 2 heterocycles. The van der Waals surface area contributed by atoms with E-state index in [1.807, 2.05) is 4.57 Å². The van der Waals surface area contributed by atoms with Crippen LogP contribution in [0.15, 0.2) is 36.5 Å². The summed E-state index contributed by atoms with van der Waals surface area (Å²) in [5.74, 6) is -0.517. The summed E-state index contributed by atoms with van der Waals surface area (Å²) in [7, 11) is 0. The van der Waals surface area contributed by atoms with Crippen molar-refractivity contribution in [1.82, 2.24) is 19.9 Å².